The Morgan fingerprint density at radius 3 is 2.76 bits per heavy atom. The summed E-state index contributed by atoms with van der Waals surface area (Å²) in [6.07, 6.45) is -5.03. The Hall–Kier alpha value is -1.83. The van der Waals surface area contributed by atoms with E-state index >= 15 is 0 Å². The summed E-state index contributed by atoms with van der Waals surface area (Å²) in [5.74, 6) is -2.29. The molecule has 0 amide bonds. The van der Waals surface area contributed by atoms with Gasteiger partial charge in [-0.25, -0.2) is 9.78 Å². The minimum absolute atomic E-state index is 0.354. The molecule has 0 saturated heterocycles. The summed E-state index contributed by atoms with van der Waals surface area (Å²) in [4.78, 5) is 14.3. The Balaban J connectivity index is 2.29. The Bertz CT molecular complexity index is 579. The largest absolute Gasteiger partial charge is 0.491 e. The van der Waals surface area contributed by atoms with Gasteiger partial charge in [-0.1, -0.05) is 11.3 Å². The van der Waals surface area contributed by atoms with Crippen LogP contribution in [0.4, 0.5) is 18.9 Å². The molecular formula is C9H5F3N2O2S. The molecule has 0 unspecified atom stereocenters. The highest BCUT2D eigenvalue weighted by Gasteiger charge is 2.41. The number of nitrogens with zero attached hydrogens (tertiary/aromatic N) is 1. The van der Waals surface area contributed by atoms with Gasteiger partial charge in [-0.3, -0.25) is 0 Å². The van der Waals surface area contributed by atoms with E-state index in [4.69, 9.17) is 5.73 Å². The predicted molar refractivity (Wildman–Crippen MR) is 55.7 cm³/mol. The fourth-order valence-corrected chi connectivity index (χ4v) is 1.96. The minimum atomic E-state index is -5.03. The van der Waals surface area contributed by atoms with Gasteiger partial charge in [-0.05, 0) is 18.2 Å². The smallest absolute Gasteiger partial charge is 0.399 e. The fraction of sp³-hybridized carbons (Fsp3) is 0.111. The molecule has 1 aromatic carbocycles. The summed E-state index contributed by atoms with van der Waals surface area (Å²) in [7, 11) is 0. The van der Waals surface area contributed by atoms with Crippen molar-refractivity contribution in [1.82, 2.24) is 4.98 Å². The molecule has 0 radical (unpaired) electrons. The first kappa shape index (κ1) is 11.6. The van der Waals surface area contributed by atoms with Gasteiger partial charge in [-0.15, -0.1) is 0 Å². The summed E-state index contributed by atoms with van der Waals surface area (Å²) in [6.45, 7) is 0. The number of halogens is 3. The van der Waals surface area contributed by atoms with Gasteiger partial charge in [0.25, 0.3) is 5.19 Å². The number of ether oxygens (including phenoxy) is 1. The van der Waals surface area contributed by atoms with Crippen LogP contribution in [0.1, 0.15) is 0 Å². The van der Waals surface area contributed by atoms with Crippen molar-refractivity contribution in [3.8, 4) is 5.19 Å². The topological polar surface area (TPSA) is 65.2 Å². The normalized spacial score (nSPS) is 11.7. The van der Waals surface area contributed by atoms with E-state index in [0.29, 0.717) is 15.9 Å². The fourth-order valence-electron chi connectivity index (χ4n) is 1.10. The van der Waals surface area contributed by atoms with Crippen LogP contribution in [0.5, 0.6) is 5.19 Å². The van der Waals surface area contributed by atoms with Gasteiger partial charge in [0.2, 0.25) is 0 Å². The molecule has 2 N–H and O–H groups in total. The molecular weight excluding hydrogens is 257 g/mol. The number of hydrogen-bond acceptors (Lipinski definition) is 5. The molecule has 0 aliphatic rings. The molecule has 0 atom stereocenters. The van der Waals surface area contributed by atoms with Gasteiger partial charge in [-0.2, -0.15) is 13.2 Å². The van der Waals surface area contributed by atoms with Crippen molar-refractivity contribution in [3.05, 3.63) is 18.2 Å². The molecule has 0 spiro atoms. The molecule has 2 aromatic rings. The molecule has 0 aliphatic heterocycles. The molecule has 2 rings (SSSR count). The van der Waals surface area contributed by atoms with Gasteiger partial charge < -0.3 is 10.5 Å². The third-order valence-corrected chi connectivity index (χ3v) is 2.70. The molecule has 0 aliphatic carbocycles. The Kier molecular flexibility index (Phi) is 2.66. The van der Waals surface area contributed by atoms with Crippen molar-refractivity contribution in [2.24, 2.45) is 0 Å². The van der Waals surface area contributed by atoms with Crippen molar-refractivity contribution < 1.29 is 22.7 Å². The average molecular weight is 262 g/mol. The molecule has 0 fully saturated rings. The first-order chi connectivity index (χ1) is 7.86. The Morgan fingerprint density at radius 1 is 1.41 bits per heavy atom. The standard InChI is InChI=1S/C9H5F3N2O2S/c10-9(11,12)7(15)16-8-14-5-2-1-4(13)3-6(5)17-8/h1-3H,13H2. The monoisotopic (exact) mass is 262 g/mol. The number of esters is 1. The van der Waals surface area contributed by atoms with Crippen molar-refractivity contribution in [3.63, 3.8) is 0 Å². The van der Waals surface area contributed by atoms with Gasteiger partial charge in [0.15, 0.2) is 0 Å². The number of nitrogen functional groups attached to an aromatic ring is 1. The highest BCUT2D eigenvalue weighted by molar-refractivity contribution is 7.20. The van der Waals surface area contributed by atoms with Crippen molar-refractivity contribution in [1.29, 1.82) is 0 Å². The van der Waals surface area contributed by atoms with Crippen LogP contribution in [-0.4, -0.2) is 17.1 Å². The van der Waals surface area contributed by atoms with Crippen LogP contribution in [-0.2, 0) is 4.79 Å². The number of aromatic nitrogens is 1. The van der Waals surface area contributed by atoms with E-state index in [-0.39, 0.29) is 5.19 Å². The quantitative estimate of drug-likeness (QED) is 0.632. The van der Waals surface area contributed by atoms with Crippen molar-refractivity contribution >= 4 is 33.2 Å². The lowest BCUT2D eigenvalue weighted by molar-refractivity contribution is -0.189. The number of carbonyl (C=O) groups excluding carboxylic acids is 1. The third kappa shape index (κ3) is 2.47. The van der Waals surface area contributed by atoms with Crippen LogP contribution in [0.3, 0.4) is 0 Å². The number of alkyl halides is 3. The zero-order valence-corrected chi connectivity index (χ0v) is 8.93. The SMILES string of the molecule is Nc1ccc2nc(OC(=O)C(F)(F)F)sc2c1. The van der Waals surface area contributed by atoms with Gasteiger partial charge in [0.05, 0.1) is 10.2 Å². The van der Waals surface area contributed by atoms with E-state index < -0.39 is 12.1 Å². The van der Waals surface area contributed by atoms with Crippen molar-refractivity contribution in [2.45, 2.75) is 6.18 Å². The van der Waals surface area contributed by atoms with Crippen LogP contribution in [0.25, 0.3) is 10.2 Å². The molecule has 0 bridgehead atoms. The maximum atomic E-state index is 11.9. The highest BCUT2D eigenvalue weighted by Crippen LogP contribution is 2.30. The maximum absolute atomic E-state index is 11.9. The van der Waals surface area contributed by atoms with Crippen LogP contribution < -0.4 is 10.5 Å². The Labute approximate surface area is 96.8 Å². The summed E-state index contributed by atoms with van der Waals surface area (Å²) < 4.78 is 40.5. The number of benzene rings is 1. The van der Waals surface area contributed by atoms with Gasteiger partial charge in [0.1, 0.15) is 0 Å². The molecule has 17 heavy (non-hydrogen) atoms. The first-order valence-corrected chi connectivity index (χ1v) is 5.13. The lowest BCUT2D eigenvalue weighted by Crippen LogP contribution is -2.27. The molecule has 1 aromatic heterocycles. The van der Waals surface area contributed by atoms with Crippen LogP contribution in [0.15, 0.2) is 18.2 Å². The lowest BCUT2D eigenvalue weighted by atomic mass is 10.3. The number of rotatable bonds is 1. The van der Waals surface area contributed by atoms with Gasteiger partial charge in [0, 0.05) is 5.69 Å². The molecule has 4 nitrogen and oxygen atoms in total. The van der Waals surface area contributed by atoms with E-state index in [1.54, 1.807) is 6.07 Å². The summed E-state index contributed by atoms with van der Waals surface area (Å²) in [5.41, 5.74) is 6.37. The minimum Gasteiger partial charge on any atom is -0.399 e. The number of fused-ring (bicyclic) bond motifs is 1. The second-order valence-electron chi connectivity index (χ2n) is 3.09. The van der Waals surface area contributed by atoms with E-state index in [0.717, 1.165) is 11.3 Å². The first-order valence-electron chi connectivity index (χ1n) is 4.31. The molecule has 8 heteroatoms. The molecule has 90 valence electrons. The third-order valence-electron chi connectivity index (χ3n) is 1.80. The zero-order chi connectivity index (χ0) is 12.6. The molecule has 1 heterocycles. The lowest BCUT2D eigenvalue weighted by Gasteiger charge is -2.02. The predicted octanol–water partition coefficient (Wildman–Crippen LogP) is 2.35. The number of thiazole rings is 1. The van der Waals surface area contributed by atoms with Crippen LogP contribution in [0, 0.1) is 0 Å². The van der Waals surface area contributed by atoms with E-state index in [1.165, 1.54) is 12.1 Å². The van der Waals surface area contributed by atoms with E-state index in [9.17, 15) is 18.0 Å². The highest BCUT2D eigenvalue weighted by atomic mass is 32.1. The average Bonchev–Trinajstić information content (AvgIpc) is 2.57. The van der Waals surface area contributed by atoms with Crippen LogP contribution in [0.2, 0.25) is 0 Å². The van der Waals surface area contributed by atoms with E-state index in [1.807, 2.05) is 0 Å². The maximum Gasteiger partial charge on any atom is 0.491 e. The summed E-state index contributed by atoms with van der Waals surface area (Å²) in [6, 6.07) is 4.63. The van der Waals surface area contributed by atoms with Crippen LogP contribution >= 0.6 is 11.3 Å². The van der Waals surface area contributed by atoms with E-state index in [2.05, 4.69) is 9.72 Å². The second-order valence-corrected chi connectivity index (χ2v) is 4.09. The molecule has 0 saturated carbocycles. The number of anilines is 1. The zero-order valence-electron chi connectivity index (χ0n) is 8.12. The number of carbonyl (C=O) groups is 1. The number of hydrogen-bond donors (Lipinski definition) is 1. The summed E-state index contributed by atoms with van der Waals surface area (Å²) in [5, 5.41) is -0.354. The van der Waals surface area contributed by atoms with Crippen molar-refractivity contribution in [2.75, 3.05) is 5.73 Å². The Morgan fingerprint density at radius 2 is 2.12 bits per heavy atom. The summed E-state index contributed by atoms with van der Waals surface area (Å²) >= 11 is 0.822. The number of nitrogens with two attached hydrogens (primary N) is 1. The second kappa shape index (κ2) is 3.88. The van der Waals surface area contributed by atoms with Gasteiger partial charge >= 0.3 is 12.1 Å².